The number of carbonyl (C=O) groups is 1. The number of fused-ring (bicyclic) bond motifs is 2. The molecule has 0 spiro atoms. The molecule has 126 valence electrons. The maximum Gasteiger partial charge on any atom is 0.274 e. The molecule has 1 amide bonds. The summed E-state index contributed by atoms with van der Waals surface area (Å²) in [5.74, 6) is 1.37. The fraction of sp³-hybridized carbons (Fsp3) is 0.412. The Labute approximate surface area is 139 Å². The van der Waals surface area contributed by atoms with E-state index in [4.69, 9.17) is 9.47 Å². The minimum Gasteiger partial charge on any atom is -0.486 e. The summed E-state index contributed by atoms with van der Waals surface area (Å²) in [7, 11) is 1.77. The maximum absolute atomic E-state index is 12.7. The fourth-order valence-corrected chi connectivity index (χ4v) is 3.12. The molecule has 0 saturated heterocycles. The molecular weight excluding hydrogens is 308 g/mol. The molecule has 4 rings (SSSR count). The van der Waals surface area contributed by atoms with E-state index in [2.05, 4.69) is 15.5 Å². The molecule has 2 aliphatic rings. The third kappa shape index (κ3) is 2.71. The van der Waals surface area contributed by atoms with Crippen molar-refractivity contribution in [2.75, 3.05) is 26.7 Å². The average Bonchev–Trinajstić information content (AvgIpc) is 3.05. The number of H-pyrrole nitrogens is 1. The summed E-state index contributed by atoms with van der Waals surface area (Å²) < 4.78 is 11.6. The molecule has 1 aromatic heterocycles. The molecule has 1 aromatic carbocycles. The monoisotopic (exact) mass is 328 g/mol. The number of para-hydroxylation sites is 2. The van der Waals surface area contributed by atoms with Crippen LogP contribution in [0.5, 0.6) is 11.5 Å². The van der Waals surface area contributed by atoms with Crippen molar-refractivity contribution in [3.8, 4) is 11.5 Å². The second kappa shape index (κ2) is 6.16. The van der Waals surface area contributed by atoms with Crippen molar-refractivity contribution >= 4 is 5.91 Å². The number of nitrogens with zero attached hydrogens (tertiary/aromatic N) is 2. The maximum atomic E-state index is 12.7. The molecule has 0 fully saturated rings. The van der Waals surface area contributed by atoms with E-state index in [1.54, 1.807) is 11.9 Å². The first-order valence-electron chi connectivity index (χ1n) is 8.13. The summed E-state index contributed by atoms with van der Waals surface area (Å²) in [6, 6.07) is 7.57. The van der Waals surface area contributed by atoms with Gasteiger partial charge in [-0.15, -0.1) is 0 Å². The first kappa shape index (κ1) is 15.0. The van der Waals surface area contributed by atoms with E-state index in [9.17, 15) is 4.79 Å². The van der Waals surface area contributed by atoms with Gasteiger partial charge in [0.15, 0.2) is 23.3 Å². The van der Waals surface area contributed by atoms with Gasteiger partial charge in [0.25, 0.3) is 5.91 Å². The third-order valence-corrected chi connectivity index (χ3v) is 4.40. The molecule has 0 radical (unpaired) electrons. The highest BCUT2D eigenvalue weighted by Crippen LogP contribution is 2.31. The summed E-state index contributed by atoms with van der Waals surface area (Å²) >= 11 is 0. The number of benzene rings is 1. The highest BCUT2D eigenvalue weighted by atomic mass is 16.6. The number of nitrogens with one attached hydrogen (secondary N) is 2. The van der Waals surface area contributed by atoms with E-state index in [0.29, 0.717) is 25.4 Å². The van der Waals surface area contributed by atoms with Crippen LogP contribution < -0.4 is 14.8 Å². The SMILES string of the molecule is CN(CC1COc2ccccc2O1)C(=O)c1n[nH]c2c1CNCC2. The van der Waals surface area contributed by atoms with Crippen LogP contribution in [0.4, 0.5) is 0 Å². The zero-order chi connectivity index (χ0) is 16.5. The Morgan fingerprint density at radius 1 is 1.38 bits per heavy atom. The number of rotatable bonds is 3. The molecule has 7 heteroatoms. The largest absolute Gasteiger partial charge is 0.486 e. The molecule has 2 N–H and O–H groups in total. The summed E-state index contributed by atoms with van der Waals surface area (Å²) in [6.07, 6.45) is 0.678. The second-order valence-corrected chi connectivity index (χ2v) is 6.14. The third-order valence-electron chi connectivity index (χ3n) is 4.40. The number of aromatic amines is 1. The lowest BCUT2D eigenvalue weighted by Crippen LogP contribution is -2.42. The molecule has 3 heterocycles. The lowest BCUT2D eigenvalue weighted by atomic mass is 10.1. The fourth-order valence-electron chi connectivity index (χ4n) is 3.12. The van der Waals surface area contributed by atoms with Crippen LogP contribution in [0.25, 0.3) is 0 Å². The van der Waals surface area contributed by atoms with Crippen molar-refractivity contribution in [1.82, 2.24) is 20.4 Å². The topological polar surface area (TPSA) is 79.5 Å². The average molecular weight is 328 g/mol. The van der Waals surface area contributed by atoms with Crippen molar-refractivity contribution in [1.29, 1.82) is 0 Å². The van der Waals surface area contributed by atoms with E-state index in [0.717, 1.165) is 35.7 Å². The summed E-state index contributed by atoms with van der Waals surface area (Å²) in [5, 5.41) is 10.5. The molecule has 2 aromatic rings. The van der Waals surface area contributed by atoms with E-state index in [1.165, 1.54) is 0 Å². The van der Waals surface area contributed by atoms with E-state index in [-0.39, 0.29) is 12.0 Å². The summed E-state index contributed by atoms with van der Waals surface area (Å²) in [4.78, 5) is 14.4. The minimum absolute atomic E-state index is 0.0985. The highest BCUT2D eigenvalue weighted by molar-refractivity contribution is 5.93. The molecule has 24 heavy (non-hydrogen) atoms. The van der Waals surface area contributed by atoms with Crippen LogP contribution in [-0.2, 0) is 13.0 Å². The normalized spacial score (nSPS) is 18.8. The summed E-state index contributed by atoms with van der Waals surface area (Å²) in [5.41, 5.74) is 2.53. The molecule has 0 aliphatic carbocycles. The number of likely N-dealkylation sites (N-methyl/N-ethyl adjacent to an activating group) is 1. The number of ether oxygens (including phenoxy) is 2. The lowest BCUT2D eigenvalue weighted by molar-refractivity contribution is 0.0516. The quantitative estimate of drug-likeness (QED) is 0.878. The summed E-state index contributed by atoms with van der Waals surface area (Å²) in [6.45, 7) is 2.46. The van der Waals surface area contributed by atoms with Crippen LogP contribution in [0.15, 0.2) is 24.3 Å². The van der Waals surface area contributed by atoms with Crippen LogP contribution >= 0.6 is 0 Å². The Hall–Kier alpha value is -2.54. The predicted octanol–water partition coefficient (Wildman–Crippen LogP) is 0.967. The Morgan fingerprint density at radius 2 is 2.21 bits per heavy atom. The highest BCUT2D eigenvalue weighted by Gasteiger charge is 2.27. The molecule has 1 unspecified atom stereocenters. The zero-order valence-corrected chi connectivity index (χ0v) is 13.5. The van der Waals surface area contributed by atoms with Crippen molar-refractivity contribution in [3.05, 3.63) is 41.2 Å². The second-order valence-electron chi connectivity index (χ2n) is 6.14. The molecule has 7 nitrogen and oxygen atoms in total. The predicted molar refractivity (Wildman–Crippen MR) is 87.3 cm³/mol. The van der Waals surface area contributed by atoms with E-state index >= 15 is 0 Å². The first-order valence-corrected chi connectivity index (χ1v) is 8.13. The van der Waals surface area contributed by atoms with E-state index < -0.39 is 0 Å². The molecule has 1 atom stereocenters. The van der Waals surface area contributed by atoms with Crippen molar-refractivity contribution < 1.29 is 14.3 Å². The number of carbonyl (C=O) groups excluding carboxylic acids is 1. The molecular formula is C17H20N4O3. The Kier molecular flexibility index (Phi) is 3.86. The Morgan fingerprint density at radius 3 is 3.08 bits per heavy atom. The smallest absolute Gasteiger partial charge is 0.274 e. The standard InChI is InChI=1S/C17H20N4O3/c1-21(9-11-10-23-14-4-2-3-5-15(14)24-11)17(22)16-12-8-18-7-6-13(12)19-20-16/h2-5,11,18H,6-10H2,1H3,(H,19,20). The van der Waals surface area contributed by atoms with Gasteiger partial charge in [-0.2, -0.15) is 5.10 Å². The van der Waals surface area contributed by atoms with Gasteiger partial charge < -0.3 is 19.7 Å². The Bertz CT molecular complexity index is 758. The molecule has 0 saturated carbocycles. The number of amides is 1. The van der Waals surface area contributed by atoms with Crippen molar-refractivity contribution in [2.24, 2.45) is 0 Å². The van der Waals surface area contributed by atoms with Gasteiger partial charge in [0.05, 0.1) is 6.54 Å². The number of aromatic nitrogens is 2. The first-order chi connectivity index (χ1) is 11.7. The van der Waals surface area contributed by atoms with Crippen molar-refractivity contribution in [2.45, 2.75) is 19.1 Å². The molecule has 2 aliphatic heterocycles. The van der Waals surface area contributed by atoms with Crippen LogP contribution in [0.2, 0.25) is 0 Å². The van der Waals surface area contributed by atoms with Gasteiger partial charge in [0.1, 0.15) is 6.61 Å². The van der Waals surface area contributed by atoms with Crippen LogP contribution in [0, 0.1) is 0 Å². The lowest BCUT2D eigenvalue weighted by Gasteiger charge is -2.29. The van der Waals surface area contributed by atoms with Gasteiger partial charge in [-0.05, 0) is 12.1 Å². The van der Waals surface area contributed by atoms with Crippen LogP contribution in [0.3, 0.4) is 0 Å². The van der Waals surface area contributed by atoms with Crippen LogP contribution in [0.1, 0.15) is 21.7 Å². The van der Waals surface area contributed by atoms with Crippen molar-refractivity contribution in [3.63, 3.8) is 0 Å². The van der Waals surface area contributed by atoms with Crippen LogP contribution in [-0.4, -0.2) is 53.9 Å². The van der Waals surface area contributed by atoms with Gasteiger partial charge in [0.2, 0.25) is 0 Å². The van der Waals surface area contributed by atoms with Gasteiger partial charge in [-0.25, -0.2) is 0 Å². The van der Waals surface area contributed by atoms with Gasteiger partial charge in [0, 0.05) is 37.8 Å². The Balaban J connectivity index is 1.44. The van der Waals surface area contributed by atoms with E-state index in [1.807, 2.05) is 24.3 Å². The number of hydrogen-bond acceptors (Lipinski definition) is 5. The van der Waals surface area contributed by atoms with Gasteiger partial charge in [-0.1, -0.05) is 12.1 Å². The number of hydrogen-bond donors (Lipinski definition) is 2. The van der Waals surface area contributed by atoms with Gasteiger partial charge in [-0.3, -0.25) is 9.89 Å². The minimum atomic E-state index is -0.193. The van der Waals surface area contributed by atoms with Gasteiger partial charge >= 0.3 is 0 Å². The molecule has 0 bridgehead atoms. The zero-order valence-electron chi connectivity index (χ0n) is 13.5.